The minimum atomic E-state index is -3.65. The molecule has 2 rings (SSSR count). The highest BCUT2D eigenvalue weighted by atomic mass is 127. The van der Waals surface area contributed by atoms with Crippen LogP contribution in [0, 0.1) is 10.5 Å². The third-order valence-electron chi connectivity index (χ3n) is 2.76. The molecule has 0 atom stereocenters. The van der Waals surface area contributed by atoms with Crippen LogP contribution in [0.4, 0.5) is 0 Å². The summed E-state index contributed by atoms with van der Waals surface area (Å²) in [5.74, 6) is 0. The van der Waals surface area contributed by atoms with Gasteiger partial charge >= 0.3 is 10.2 Å². The molecule has 0 spiro atoms. The van der Waals surface area contributed by atoms with Gasteiger partial charge < -0.3 is 0 Å². The molecule has 0 saturated heterocycles. The first kappa shape index (κ1) is 17.1. The molecule has 1 aromatic carbocycles. The van der Waals surface area contributed by atoms with Crippen molar-refractivity contribution in [1.29, 1.82) is 0 Å². The van der Waals surface area contributed by atoms with Crippen molar-refractivity contribution in [3.05, 3.63) is 38.6 Å². The second kappa shape index (κ2) is 6.45. The highest BCUT2D eigenvalue weighted by Gasteiger charge is 2.24. The van der Waals surface area contributed by atoms with Crippen LogP contribution in [0.1, 0.15) is 5.56 Å². The molecular weight excluding hydrogens is 445 g/mol. The maximum absolute atomic E-state index is 12.3. The number of benzene rings is 1. The van der Waals surface area contributed by atoms with E-state index in [0.717, 1.165) is 22.4 Å². The number of halogens is 2. The van der Waals surface area contributed by atoms with Gasteiger partial charge in [-0.2, -0.15) is 17.8 Å². The smallest absolute Gasteiger partial charge is 0.189 e. The van der Waals surface area contributed by atoms with Crippen molar-refractivity contribution in [1.82, 2.24) is 13.5 Å². The van der Waals surface area contributed by atoms with E-state index >= 15 is 0 Å². The molecule has 0 aliphatic carbocycles. The zero-order chi connectivity index (χ0) is 15.8. The Hall–Kier alpha value is -0.290. The molecule has 0 unspecified atom stereocenters. The Morgan fingerprint density at radius 1 is 1.38 bits per heavy atom. The number of hydrogen-bond acceptors (Lipinski definition) is 4. The normalized spacial score (nSPS) is 12.1. The molecule has 0 saturated carbocycles. The lowest BCUT2D eigenvalue weighted by molar-refractivity contribution is 0.498. The van der Waals surface area contributed by atoms with Gasteiger partial charge in [-0.15, -0.1) is 4.09 Å². The zero-order valence-corrected chi connectivity index (χ0v) is 16.1. The summed E-state index contributed by atoms with van der Waals surface area (Å²) < 4.78 is 27.5. The first-order chi connectivity index (χ1) is 9.75. The quantitative estimate of drug-likeness (QED) is 0.662. The van der Waals surface area contributed by atoms with Crippen molar-refractivity contribution in [2.24, 2.45) is 0 Å². The lowest BCUT2D eigenvalue weighted by Crippen LogP contribution is -2.30. The van der Waals surface area contributed by atoms with Gasteiger partial charge in [-0.1, -0.05) is 29.4 Å². The van der Waals surface area contributed by atoms with Crippen LogP contribution < -0.4 is 0 Å². The molecule has 1 aromatic heterocycles. The van der Waals surface area contributed by atoms with E-state index in [1.54, 1.807) is 6.07 Å². The molecule has 5 nitrogen and oxygen atoms in total. The average Bonchev–Trinajstić information content (AvgIpc) is 2.77. The van der Waals surface area contributed by atoms with Crippen molar-refractivity contribution in [3.63, 3.8) is 0 Å². The molecule has 0 bridgehead atoms. The maximum Gasteiger partial charge on any atom is 0.323 e. The zero-order valence-electron chi connectivity index (χ0n) is 11.5. The van der Waals surface area contributed by atoms with Crippen molar-refractivity contribution >= 4 is 56.2 Å². The Morgan fingerprint density at radius 2 is 2.05 bits per heavy atom. The van der Waals surface area contributed by atoms with Gasteiger partial charge in [0.15, 0.2) is 0 Å². The molecule has 114 valence electrons. The van der Waals surface area contributed by atoms with Gasteiger partial charge in [-0.25, -0.2) is 0 Å². The van der Waals surface area contributed by atoms with E-state index in [2.05, 4.69) is 27.7 Å². The Kier molecular flexibility index (Phi) is 5.24. The standard InChI is InChI=1S/C12H13ClIN3O2S2/c1-8-9(13)5-4-6-11(8)20-12-10(14)7-15-17(12)21(18,19)16(2)3/h4-7H,1-3H3. The first-order valence-electron chi connectivity index (χ1n) is 5.84. The van der Waals surface area contributed by atoms with Gasteiger partial charge in [-0.05, 0) is 47.2 Å². The molecule has 0 radical (unpaired) electrons. The fourth-order valence-electron chi connectivity index (χ4n) is 1.51. The van der Waals surface area contributed by atoms with Crippen LogP contribution in [-0.2, 0) is 10.2 Å². The van der Waals surface area contributed by atoms with E-state index in [9.17, 15) is 8.42 Å². The molecule has 0 aliphatic rings. The molecule has 0 aliphatic heterocycles. The highest BCUT2D eigenvalue weighted by molar-refractivity contribution is 14.1. The summed E-state index contributed by atoms with van der Waals surface area (Å²) >= 11 is 9.52. The van der Waals surface area contributed by atoms with Crippen LogP contribution in [0.5, 0.6) is 0 Å². The molecule has 2 aromatic rings. The summed E-state index contributed by atoms with van der Waals surface area (Å²) in [6, 6.07) is 5.55. The minimum absolute atomic E-state index is 0.551. The Balaban J connectivity index is 2.51. The Labute approximate surface area is 147 Å². The van der Waals surface area contributed by atoms with Crippen molar-refractivity contribution in [2.45, 2.75) is 16.8 Å². The van der Waals surface area contributed by atoms with E-state index in [1.807, 2.05) is 19.1 Å². The van der Waals surface area contributed by atoms with E-state index in [4.69, 9.17) is 11.6 Å². The summed E-state index contributed by atoms with van der Waals surface area (Å²) in [4.78, 5) is 0.899. The van der Waals surface area contributed by atoms with Crippen LogP contribution in [0.15, 0.2) is 34.3 Å². The molecule has 1 heterocycles. The molecule has 0 N–H and O–H groups in total. The van der Waals surface area contributed by atoms with E-state index in [0.29, 0.717) is 10.0 Å². The summed E-state index contributed by atoms with van der Waals surface area (Å²) in [5, 5.41) is 5.18. The predicted octanol–water partition coefficient (Wildman–Crippen LogP) is 3.26. The Bertz CT molecular complexity index is 775. The number of aromatic nitrogens is 2. The average molecular weight is 458 g/mol. The van der Waals surface area contributed by atoms with Gasteiger partial charge in [0, 0.05) is 24.0 Å². The Morgan fingerprint density at radius 3 is 2.67 bits per heavy atom. The van der Waals surface area contributed by atoms with Gasteiger partial charge in [-0.3, -0.25) is 0 Å². The van der Waals surface area contributed by atoms with Crippen molar-refractivity contribution < 1.29 is 8.42 Å². The molecule has 0 fully saturated rings. The number of hydrogen-bond donors (Lipinski definition) is 0. The number of nitrogens with zero attached hydrogens (tertiary/aromatic N) is 3. The van der Waals surface area contributed by atoms with Crippen molar-refractivity contribution in [3.8, 4) is 0 Å². The van der Waals surface area contributed by atoms with Crippen LogP contribution in [0.3, 0.4) is 0 Å². The summed E-state index contributed by atoms with van der Waals surface area (Å²) in [6.07, 6.45) is 1.53. The fourth-order valence-corrected chi connectivity index (χ4v) is 4.66. The van der Waals surface area contributed by atoms with E-state index in [1.165, 1.54) is 32.1 Å². The molecule has 21 heavy (non-hydrogen) atoms. The van der Waals surface area contributed by atoms with Gasteiger partial charge in [0.25, 0.3) is 0 Å². The summed E-state index contributed by atoms with van der Waals surface area (Å²) in [6.45, 7) is 1.90. The van der Waals surface area contributed by atoms with Gasteiger partial charge in [0.05, 0.1) is 9.77 Å². The largest absolute Gasteiger partial charge is 0.323 e. The molecular formula is C12H13ClIN3O2S2. The van der Waals surface area contributed by atoms with Crippen LogP contribution >= 0.6 is 46.0 Å². The van der Waals surface area contributed by atoms with Gasteiger partial charge in [0.1, 0.15) is 5.03 Å². The second-order valence-electron chi connectivity index (χ2n) is 4.40. The predicted molar refractivity (Wildman–Crippen MR) is 93.3 cm³/mol. The van der Waals surface area contributed by atoms with Crippen LogP contribution in [0.25, 0.3) is 0 Å². The molecule has 0 amide bonds. The third kappa shape index (κ3) is 3.39. The molecule has 9 heteroatoms. The van der Waals surface area contributed by atoms with E-state index < -0.39 is 10.2 Å². The highest BCUT2D eigenvalue weighted by Crippen LogP contribution is 2.36. The van der Waals surface area contributed by atoms with Crippen molar-refractivity contribution in [2.75, 3.05) is 14.1 Å². The number of rotatable bonds is 4. The second-order valence-corrected chi connectivity index (χ2v) is 8.97. The third-order valence-corrected chi connectivity index (χ3v) is 7.32. The monoisotopic (exact) mass is 457 g/mol. The maximum atomic E-state index is 12.3. The lowest BCUT2D eigenvalue weighted by atomic mass is 10.2. The van der Waals surface area contributed by atoms with Crippen LogP contribution in [-0.4, -0.2) is 36.0 Å². The topological polar surface area (TPSA) is 55.2 Å². The van der Waals surface area contributed by atoms with E-state index in [-0.39, 0.29) is 0 Å². The van der Waals surface area contributed by atoms with Gasteiger partial charge in [0.2, 0.25) is 0 Å². The SMILES string of the molecule is Cc1c(Cl)cccc1Sc1c(I)cnn1S(=O)(=O)N(C)C. The minimum Gasteiger partial charge on any atom is -0.189 e. The summed E-state index contributed by atoms with van der Waals surface area (Å²) in [7, 11) is -0.699. The van der Waals surface area contributed by atoms with Crippen LogP contribution in [0.2, 0.25) is 5.02 Å². The fraction of sp³-hybridized carbons (Fsp3) is 0.250. The lowest BCUT2D eigenvalue weighted by Gasteiger charge is -2.14. The first-order valence-corrected chi connectivity index (χ1v) is 9.51. The summed E-state index contributed by atoms with van der Waals surface area (Å²) in [5.41, 5.74) is 0.912.